The Morgan fingerprint density at radius 2 is 1.60 bits per heavy atom. The smallest absolute Gasteiger partial charge is 0.193 e. The molecule has 0 N–H and O–H groups in total. The first-order chi connectivity index (χ1) is 9.63. The van der Waals surface area contributed by atoms with Gasteiger partial charge in [0, 0.05) is 11.1 Å². The molecule has 3 rings (SSSR count). The number of hydrogen-bond acceptors (Lipinski definition) is 1. The van der Waals surface area contributed by atoms with Crippen LogP contribution < -0.4 is 0 Å². The van der Waals surface area contributed by atoms with Crippen LogP contribution in [0, 0.1) is 6.92 Å². The van der Waals surface area contributed by atoms with Crippen LogP contribution in [-0.2, 0) is 6.42 Å². The van der Waals surface area contributed by atoms with Crippen LogP contribution >= 0.6 is 0 Å². The predicted molar refractivity (Wildman–Crippen MR) is 84.0 cm³/mol. The maximum atomic E-state index is 12.7. The zero-order valence-electron chi connectivity index (χ0n) is 11.6. The molecule has 2 aromatic rings. The fourth-order valence-electron chi connectivity index (χ4n) is 2.80. The normalized spacial score (nSPS) is 12.6. The van der Waals surface area contributed by atoms with Crippen LogP contribution in [0.4, 0.5) is 0 Å². The summed E-state index contributed by atoms with van der Waals surface area (Å²) in [6.07, 6.45) is 4.39. The predicted octanol–water partition coefficient (Wildman–Crippen LogP) is 4.42. The molecule has 1 nitrogen and oxygen atoms in total. The van der Waals surface area contributed by atoms with Crippen molar-refractivity contribution < 1.29 is 4.79 Å². The number of hydrogen-bond donors (Lipinski definition) is 0. The van der Waals surface area contributed by atoms with E-state index in [4.69, 9.17) is 0 Å². The third-order valence-corrected chi connectivity index (χ3v) is 3.88. The number of carbonyl (C=O) groups excluding carboxylic acids is 1. The van der Waals surface area contributed by atoms with Crippen LogP contribution in [0.1, 0.15) is 43.7 Å². The molecule has 0 saturated heterocycles. The van der Waals surface area contributed by atoms with E-state index in [9.17, 15) is 4.79 Å². The van der Waals surface area contributed by atoms with Crippen molar-refractivity contribution in [2.24, 2.45) is 0 Å². The molecule has 1 aliphatic rings. The first-order valence-electron chi connectivity index (χ1n) is 6.70. The standard InChI is InChI=1S/C19H16O/c1-4-13-9-16-10-15-7-6-12(3)8-17(15)19(20)18(16)11-14(13)5-2/h4-9,11H,1-2,10H2,3H3. The van der Waals surface area contributed by atoms with Gasteiger partial charge in [-0.25, -0.2) is 0 Å². The summed E-state index contributed by atoms with van der Waals surface area (Å²) >= 11 is 0. The van der Waals surface area contributed by atoms with Crippen molar-refractivity contribution >= 4 is 17.9 Å². The highest BCUT2D eigenvalue weighted by Gasteiger charge is 2.24. The molecule has 0 bridgehead atoms. The fraction of sp³-hybridized carbons (Fsp3) is 0.105. The van der Waals surface area contributed by atoms with Crippen LogP contribution in [0.3, 0.4) is 0 Å². The van der Waals surface area contributed by atoms with Gasteiger partial charge in [0.05, 0.1) is 0 Å². The highest BCUT2D eigenvalue weighted by atomic mass is 16.1. The Morgan fingerprint density at radius 3 is 2.30 bits per heavy atom. The summed E-state index contributed by atoms with van der Waals surface area (Å²) in [6.45, 7) is 9.66. The van der Waals surface area contributed by atoms with Gasteiger partial charge in [0.2, 0.25) is 0 Å². The van der Waals surface area contributed by atoms with Crippen LogP contribution in [0.2, 0.25) is 0 Å². The largest absolute Gasteiger partial charge is 0.289 e. The molecule has 0 heterocycles. The molecule has 0 saturated carbocycles. The number of aryl methyl sites for hydroxylation is 1. The molecular weight excluding hydrogens is 244 g/mol. The van der Waals surface area contributed by atoms with Gasteiger partial charge in [0.1, 0.15) is 0 Å². The number of benzene rings is 2. The van der Waals surface area contributed by atoms with E-state index in [1.54, 1.807) is 6.08 Å². The van der Waals surface area contributed by atoms with Gasteiger partial charge in [-0.3, -0.25) is 4.79 Å². The Kier molecular flexibility index (Phi) is 2.90. The van der Waals surface area contributed by atoms with E-state index in [-0.39, 0.29) is 5.78 Å². The van der Waals surface area contributed by atoms with E-state index >= 15 is 0 Å². The summed E-state index contributed by atoms with van der Waals surface area (Å²) in [7, 11) is 0. The summed E-state index contributed by atoms with van der Waals surface area (Å²) in [5.41, 5.74) is 6.92. The Balaban J connectivity index is 2.22. The lowest BCUT2D eigenvalue weighted by Crippen LogP contribution is -2.16. The van der Waals surface area contributed by atoms with Gasteiger partial charge in [-0.15, -0.1) is 0 Å². The van der Waals surface area contributed by atoms with Crippen LogP contribution in [0.5, 0.6) is 0 Å². The van der Waals surface area contributed by atoms with Gasteiger partial charge in [-0.05, 0) is 47.7 Å². The lowest BCUT2D eigenvalue weighted by Gasteiger charge is -2.20. The topological polar surface area (TPSA) is 17.1 Å². The maximum absolute atomic E-state index is 12.7. The Labute approximate surface area is 119 Å². The van der Waals surface area contributed by atoms with Crippen molar-refractivity contribution in [1.29, 1.82) is 0 Å². The quantitative estimate of drug-likeness (QED) is 0.666. The van der Waals surface area contributed by atoms with E-state index in [1.807, 2.05) is 25.1 Å². The third kappa shape index (κ3) is 1.83. The summed E-state index contributed by atoms with van der Waals surface area (Å²) in [6, 6.07) is 10.1. The molecule has 0 spiro atoms. The molecule has 0 aliphatic heterocycles. The molecule has 0 aromatic heterocycles. The van der Waals surface area contributed by atoms with Crippen molar-refractivity contribution in [2.45, 2.75) is 13.3 Å². The molecule has 20 heavy (non-hydrogen) atoms. The summed E-state index contributed by atoms with van der Waals surface area (Å²) < 4.78 is 0. The average Bonchev–Trinajstić information content (AvgIpc) is 2.47. The number of ketones is 1. The second-order valence-corrected chi connectivity index (χ2v) is 5.21. The van der Waals surface area contributed by atoms with Gasteiger partial charge in [0.25, 0.3) is 0 Å². The SMILES string of the molecule is C=Cc1cc2c(cc1C=C)C(=O)c1cc(C)ccc1C2. The van der Waals surface area contributed by atoms with E-state index in [2.05, 4.69) is 31.4 Å². The minimum Gasteiger partial charge on any atom is -0.289 e. The van der Waals surface area contributed by atoms with Gasteiger partial charge in [-0.1, -0.05) is 49.1 Å². The molecule has 1 heteroatoms. The van der Waals surface area contributed by atoms with Crippen LogP contribution in [-0.4, -0.2) is 5.78 Å². The van der Waals surface area contributed by atoms with E-state index in [0.29, 0.717) is 0 Å². The molecular formula is C19H16O. The third-order valence-electron chi connectivity index (χ3n) is 3.88. The van der Waals surface area contributed by atoms with Gasteiger partial charge in [-0.2, -0.15) is 0 Å². The van der Waals surface area contributed by atoms with Crippen molar-refractivity contribution in [1.82, 2.24) is 0 Å². The second kappa shape index (κ2) is 4.61. The molecule has 98 valence electrons. The molecule has 2 aromatic carbocycles. The number of carbonyl (C=O) groups is 1. The lowest BCUT2D eigenvalue weighted by atomic mass is 9.82. The zero-order chi connectivity index (χ0) is 14.3. The summed E-state index contributed by atoms with van der Waals surface area (Å²) in [5, 5.41) is 0. The minimum atomic E-state index is 0.115. The molecule has 0 unspecified atom stereocenters. The first kappa shape index (κ1) is 12.6. The van der Waals surface area contributed by atoms with Crippen LogP contribution in [0.15, 0.2) is 43.5 Å². The Morgan fingerprint density at radius 1 is 0.950 bits per heavy atom. The second-order valence-electron chi connectivity index (χ2n) is 5.21. The van der Waals surface area contributed by atoms with E-state index < -0.39 is 0 Å². The van der Waals surface area contributed by atoms with Crippen LogP contribution in [0.25, 0.3) is 12.2 Å². The highest BCUT2D eigenvalue weighted by molar-refractivity contribution is 6.12. The Hall–Kier alpha value is -2.41. The fourth-order valence-corrected chi connectivity index (χ4v) is 2.80. The zero-order valence-corrected chi connectivity index (χ0v) is 11.6. The monoisotopic (exact) mass is 260 g/mol. The lowest BCUT2D eigenvalue weighted by molar-refractivity contribution is 0.103. The molecule has 1 aliphatic carbocycles. The van der Waals surface area contributed by atoms with E-state index in [0.717, 1.165) is 45.4 Å². The average molecular weight is 260 g/mol. The van der Waals surface area contributed by atoms with Gasteiger partial charge < -0.3 is 0 Å². The van der Waals surface area contributed by atoms with Crippen molar-refractivity contribution in [3.63, 3.8) is 0 Å². The van der Waals surface area contributed by atoms with Gasteiger partial charge in [0.15, 0.2) is 5.78 Å². The molecule has 0 fully saturated rings. The van der Waals surface area contributed by atoms with Gasteiger partial charge >= 0.3 is 0 Å². The molecule has 0 atom stereocenters. The maximum Gasteiger partial charge on any atom is 0.193 e. The Bertz CT molecular complexity index is 751. The van der Waals surface area contributed by atoms with Crippen molar-refractivity contribution in [3.05, 3.63) is 82.4 Å². The van der Waals surface area contributed by atoms with E-state index in [1.165, 1.54) is 0 Å². The minimum absolute atomic E-state index is 0.115. The number of fused-ring (bicyclic) bond motifs is 2. The molecule has 0 radical (unpaired) electrons. The highest BCUT2D eigenvalue weighted by Crippen LogP contribution is 2.30. The number of rotatable bonds is 2. The first-order valence-corrected chi connectivity index (χ1v) is 6.70. The summed E-state index contributed by atoms with van der Waals surface area (Å²) in [5.74, 6) is 0.115. The van der Waals surface area contributed by atoms with Crippen molar-refractivity contribution in [3.8, 4) is 0 Å². The van der Waals surface area contributed by atoms with Crippen molar-refractivity contribution in [2.75, 3.05) is 0 Å². The summed E-state index contributed by atoms with van der Waals surface area (Å²) in [4.78, 5) is 12.7. The molecule has 0 amide bonds.